The Morgan fingerprint density at radius 3 is 2.62 bits per heavy atom. The molecule has 1 saturated heterocycles. The number of benzene rings is 1. The van der Waals surface area contributed by atoms with Crippen LogP contribution in [0.2, 0.25) is 0 Å². The summed E-state index contributed by atoms with van der Waals surface area (Å²) >= 11 is 0. The Morgan fingerprint density at radius 2 is 1.88 bits per heavy atom. The van der Waals surface area contributed by atoms with E-state index >= 15 is 0 Å². The maximum Gasteiger partial charge on any atom is 0.243 e. The third-order valence-electron chi connectivity index (χ3n) is 4.51. The number of pyridine rings is 1. The van der Waals surface area contributed by atoms with Crippen LogP contribution in [0.4, 0.5) is 5.82 Å². The summed E-state index contributed by atoms with van der Waals surface area (Å²) in [5, 5.41) is 0. The summed E-state index contributed by atoms with van der Waals surface area (Å²) in [7, 11) is -3.46. The largest absolute Gasteiger partial charge is 0.493 e. The molecule has 2 aliphatic rings. The smallest absolute Gasteiger partial charge is 0.243 e. The first-order valence-electron chi connectivity index (χ1n) is 8.06. The Hall–Kier alpha value is -2.12. The second-order valence-electron chi connectivity index (χ2n) is 5.95. The molecule has 0 aliphatic carbocycles. The van der Waals surface area contributed by atoms with Crippen molar-refractivity contribution in [3.63, 3.8) is 0 Å². The van der Waals surface area contributed by atoms with Crippen molar-refractivity contribution in [1.82, 2.24) is 9.29 Å². The Bertz CT molecular complexity index is 831. The van der Waals surface area contributed by atoms with Gasteiger partial charge >= 0.3 is 0 Å². The zero-order valence-corrected chi connectivity index (χ0v) is 14.1. The minimum Gasteiger partial charge on any atom is -0.493 e. The molecule has 0 amide bonds. The number of hydrogen-bond donors (Lipinski definition) is 0. The van der Waals surface area contributed by atoms with Crippen molar-refractivity contribution in [3.05, 3.63) is 48.2 Å². The highest BCUT2D eigenvalue weighted by molar-refractivity contribution is 7.89. The number of rotatable bonds is 3. The Kier molecular flexibility index (Phi) is 3.90. The minimum atomic E-state index is -3.46. The molecule has 24 heavy (non-hydrogen) atoms. The van der Waals surface area contributed by atoms with Gasteiger partial charge in [-0.1, -0.05) is 6.07 Å². The van der Waals surface area contributed by atoms with Crippen molar-refractivity contribution < 1.29 is 13.2 Å². The quantitative estimate of drug-likeness (QED) is 0.844. The van der Waals surface area contributed by atoms with Gasteiger partial charge < -0.3 is 9.64 Å². The van der Waals surface area contributed by atoms with Gasteiger partial charge in [-0.25, -0.2) is 13.4 Å². The van der Waals surface area contributed by atoms with Gasteiger partial charge in [-0.15, -0.1) is 0 Å². The summed E-state index contributed by atoms with van der Waals surface area (Å²) in [4.78, 5) is 6.80. The van der Waals surface area contributed by atoms with Gasteiger partial charge in [-0.05, 0) is 35.9 Å². The SMILES string of the molecule is O=S(=O)(c1ccc2c(c1)CCO2)N1CCN(c2ccccn2)CC1. The maximum absolute atomic E-state index is 12.9. The van der Waals surface area contributed by atoms with Crippen molar-refractivity contribution in [2.45, 2.75) is 11.3 Å². The van der Waals surface area contributed by atoms with E-state index in [4.69, 9.17) is 4.74 Å². The van der Waals surface area contributed by atoms with Crippen molar-refractivity contribution in [2.75, 3.05) is 37.7 Å². The molecule has 0 radical (unpaired) electrons. The highest BCUT2D eigenvalue weighted by Crippen LogP contribution is 2.29. The molecule has 0 unspecified atom stereocenters. The van der Waals surface area contributed by atoms with E-state index in [1.165, 1.54) is 0 Å². The number of sulfonamides is 1. The highest BCUT2D eigenvalue weighted by Gasteiger charge is 2.29. The van der Waals surface area contributed by atoms with Gasteiger partial charge in [0.05, 0.1) is 11.5 Å². The molecule has 0 saturated carbocycles. The third-order valence-corrected chi connectivity index (χ3v) is 6.41. The summed E-state index contributed by atoms with van der Waals surface area (Å²) in [6, 6.07) is 10.9. The lowest BCUT2D eigenvalue weighted by Crippen LogP contribution is -2.48. The second-order valence-corrected chi connectivity index (χ2v) is 7.88. The van der Waals surface area contributed by atoms with E-state index in [0.717, 1.165) is 23.6 Å². The van der Waals surface area contributed by atoms with Gasteiger partial charge in [-0.3, -0.25) is 0 Å². The van der Waals surface area contributed by atoms with Crippen LogP contribution in [0.5, 0.6) is 5.75 Å². The molecule has 126 valence electrons. The van der Waals surface area contributed by atoms with E-state index in [9.17, 15) is 8.42 Å². The normalized spacial score (nSPS) is 18.2. The molecule has 7 heteroatoms. The first-order valence-corrected chi connectivity index (χ1v) is 9.50. The topological polar surface area (TPSA) is 62.7 Å². The average Bonchev–Trinajstić information content (AvgIpc) is 3.10. The van der Waals surface area contributed by atoms with Gasteiger partial charge in [0.25, 0.3) is 0 Å². The van der Waals surface area contributed by atoms with Crippen molar-refractivity contribution in [3.8, 4) is 5.75 Å². The molecule has 0 N–H and O–H groups in total. The number of nitrogens with zero attached hydrogens (tertiary/aromatic N) is 3. The summed E-state index contributed by atoms with van der Waals surface area (Å²) in [5.74, 6) is 1.69. The molecule has 4 rings (SSSR count). The predicted octanol–water partition coefficient (Wildman–Crippen LogP) is 1.53. The number of anilines is 1. The van der Waals surface area contributed by atoms with Gasteiger partial charge in [-0.2, -0.15) is 4.31 Å². The standard InChI is InChI=1S/C17H19N3O3S/c21-24(22,15-4-5-16-14(13-15)6-12-23-16)20-10-8-19(9-11-20)17-3-1-2-7-18-17/h1-5,7,13H,6,8-12H2. The fourth-order valence-corrected chi connectivity index (χ4v) is 4.64. The molecule has 0 spiro atoms. The van der Waals surface area contributed by atoms with Gasteiger partial charge in [0, 0.05) is 38.8 Å². The number of aromatic nitrogens is 1. The van der Waals surface area contributed by atoms with Crippen LogP contribution in [0.3, 0.4) is 0 Å². The van der Waals surface area contributed by atoms with E-state index in [2.05, 4.69) is 9.88 Å². The monoisotopic (exact) mass is 345 g/mol. The van der Waals surface area contributed by atoms with Crippen molar-refractivity contribution >= 4 is 15.8 Å². The fourth-order valence-electron chi connectivity index (χ4n) is 3.17. The summed E-state index contributed by atoms with van der Waals surface area (Å²) in [6.07, 6.45) is 2.53. The van der Waals surface area contributed by atoms with E-state index in [0.29, 0.717) is 37.7 Å². The van der Waals surface area contributed by atoms with Crippen LogP contribution in [0.25, 0.3) is 0 Å². The number of piperazine rings is 1. The Morgan fingerprint density at radius 1 is 1.04 bits per heavy atom. The molecule has 3 heterocycles. The lowest BCUT2D eigenvalue weighted by atomic mass is 10.2. The van der Waals surface area contributed by atoms with E-state index < -0.39 is 10.0 Å². The molecule has 1 aromatic carbocycles. The summed E-state index contributed by atoms with van der Waals surface area (Å²) < 4.78 is 32.8. The van der Waals surface area contributed by atoms with Crippen LogP contribution in [0.1, 0.15) is 5.56 Å². The number of fused-ring (bicyclic) bond motifs is 1. The molecule has 6 nitrogen and oxygen atoms in total. The van der Waals surface area contributed by atoms with E-state index in [1.807, 2.05) is 18.2 Å². The number of ether oxygens (including phenoxy) is 1. The van der Waals surface area contributed by atoms with Crippen LogP contribution in [-0.4, -0.2) is 50.5 Å². The maximum atomic E-state index is 12.9. The lowest BCUT2D eigenvalue weighted by Gasteiger charge is -2.34. The van der Waals surface area contributed by atoms with E-state index in [-0.39, 0.29) is 0 Å². The molecule has 1 fully saturated rings. The molecule has 2 aromatic rings. The molecular weight excluding hydrogens is 326 g/mol. The second kappa shape index (κ2) is 6.07. The van der Waals surface area contributed by atoms with Crippen LogP contribution in [-0.2, 0) is 16.4 Å². The van der Waals surface area contributed by atoms with Crippen LogP contribution in [0, 0.1) is 0 Å². The molecule has 0 atom stereocenters. The summed E-state index contributed by atoms with van der Waals surface area (Å²) in [6.45, 7) is 2.84. The van der Waals surface area contributed by atoms with Gasteiger partial charge in [0.2, 0.25) is 10.0 Å². The molecule has 0 bridgehead atoms. The van der Waals surface area contributed by atoms with Crippen molar-refractivity contribution in [2.24, 2.45) is 0 Å². The third kappa shape index (κ3) is 2.74. The van der Waals surface area contributed by atoms with Crippen LogP contribution in [0.15, 0.2) is 47.5 Å². The van der Waals surface area contributed by atoms with E-state index in [1.54, 1.807) is 28.7 Å². The average molecular weight is 345 g/mol. The predicted molar refractivity (Wildman–Crippen MR) is 90.8 cm³/mol. The number of hydrogen-bond acceptors (Lipinski definition) is 5. The highest BCUT2D eigenvalue weighted by atomic mass is 32.2. The fraction of sp³-hybridized carbons (Fsp3) is 0.353. The Balaban J connectivity index is 1.50. The first kappa shape index (κ1) is 15.4. The lowest BCUT2D eigenvalue weighted by molar-refractivity contribution is 0.356. The molecular formula is C17H19N3O3S. The minimum absolute atomic E-state index is 0.359. The van der Waals surface area contributed by atoms with Crippen LogP contribution >= 0.6 is 0 Å². The summed E-state index contributed by atoms with van der Waals surface area (Å²) in [5.41, 5.74) is 0.975. The first-order chi connectivity index (χ1) is 11.6. The van der Waals surface area contributed by atoms with Gasteiger partial charge in [0.15, 0.2) is 0 Å². The van der Waals surface area contributed by atoms with Gasteiger partial charge in [0.1, 0.15) is 11.6 Å². The molecule has 2 aliphatic heterocycles. The van der Waals surface area contributed by atoms with Crippen molar-refractivity contribution in [1.29, 1.82) is 0 Å². The van der Waals surface area contributed by atoms with Crippen LogP contribution < -0.4 is 9.64 Å². The Labute approximate surface area is 141 Å². The zero-order valence-electron chi connectivity index (χ0n) is 13.3. The molecule has 1 aromatic heterocycles. The zero-order chi connectivity index (χ0) is 16.6.